The fourth-order valence-electron chi connectivity index (χ4n) is 3.34. The van der Waals surface area contributed by atoms with Crippen LogP contribution in [0.3, 0.4) is 0 Å². The number of Topliss-reactive ketones (excluding diaryl/α,β-unsaturated/α-hetero) is 1. The molecule has 3 rings (SSSR count). The van der Waals surface area contributed by atoms with E-state index in [1.807, 2.05) is 0 Å². The number of halogens is 4. The summed E-state index contributed by atoms with van der Waals surface area (Å²) in [5.41, 5.74) is -1.33. The third kappa shape index (κ3) is 3.63. The molecule has 0 saturated heterocycles. The first-order chi connectivity index (χ1) is 13.4. The minimum Gasteiger partial charge on any atom is -0.289 e. The first-order valence-electron chi connectivity index (χ1n) is 8.64. The Morgan fingerprint density at radius 2 is 1.97 bits per heavy atom. The maximum atomic E-state index is 13.4. The molecule has 1 atom stereocenters. The number of aromatic nitrogens is 1. The van der Waals surface area contributed by atoms with E-state index < -0.39 is 38.9 Å². The van der Waals surface area contributed by atoms with Crippen LogP contribution >= 0.6 is 15.9 Å². The van der Waals surface area contributed by atoms with Crippen LogP contribution in [0.15, 0.2) is 61.2 Å². The highest BCUT2D eigenvalue weighted by atomic mass is 79.9. The van der Waals surface area contributed by atoms with Crippen LogP contribution < -0.4 is 0 Å². The maximum absolute atomic E-state index is 13.4. The lowest BCUT2D eigenvalue weighted by molar-refractivity contribution is -0.115. The number of carbonyl (C=O) groups is 1. The average molecular weight is 489 g/mol. The molecule has 1 aromatic rings. The van der Waals surface area contributed by atoms with Crippen LogP contribution in [-0.4, -0.2) is 36.8 Å². The average Bonchev–Trinajstić information content (AvgIpc) is 2.97. The van der Waals surface area contributed by atoms with E-state index in [-0.39, 0.29) is 33.3 Å². The summed E-state index contributed by atoms with van der Waals surface area (Å²) in [5, 5.41) is 0. The lowest BCUT2D eigenvalue weighted by atomic mass is 9.83. The zero-order valence-corrected chi connectivity index (χ0v) is 18.0. The van der Waals surface area contributed by atoms with E-state index in [1.54, 1.807) is 6.92 Å². The molecular weight excluding hydrogens is 473 g/mol. The number of rotatable bonds is 3. The summed E-state index contributed by atoms with van der Waals surface area (Å²) in [6.45, 7) is 4.44. The van der Waals surface area contributed by atoms with Crippen LogP contribution in [0.5, 0.6) is 0 Å². The monoisotopic (exact) mass is 488 g/mol. The molecule has 5 nitrogen and oxygen atoms in total. The maximum Gasteiger partial charge on any atom is 0.417 e. The third-order valence-corrected chi connectivity index (χ3v) is 6.97. The van der Waals surface area contributed by atoms with Gasteiger partial charge in [-0.2, -0.15) is 13.2 Å². The molecule has 154 valence electrons. The predicted octanol–water partition coefficient (Wildman–Crippen LogP) is 4.35. The van der Waals surface area contributed by atoms with Crippen molar-refractivity contribution in [1.82, 2.24) is 4.98 Å². The number of sulfone groups is 1. The molecule has 1 aliphatic carbocycles. The number of allylic oxidation sites excluding steroid dienone is 5. The molecule has 2 heterocycles. The summed E-state index contributed by atoms with van der Waals surface area (Å²) >= 11 is 3.19. The highest BCUT2D eigenvalue weighted by Crippen LogP contribution is 2.43. The molecule has 0 fully saturated rings. The Kier molecular flexibility index (Phi) is 5.46. The summed E-state index contributed by atoms with van der Waals surface area (Å²) < 4.78 is 65.7. The van der Waals surface area contributed by atoms with Gasteiger partial charge in [0.25, 0.3) is 0 Å². The van der Waals surface area contributed by atoms with Crippen molar-refractivity contribution in [3.63, 3.8) is 0 Å². The largest absolute Gasteiger partial charge is 0.417 e. The zero-order chi connectivity index (χ0) is 21.7. The molecule has 1 unspecified atom stereocenters. The second-order valence-corrected chi connectivity index (χ2v) is 9.67. The van der Waals surface area contributed by atoms with E-state index in [2.05, 4.69) is 25.9 Å². The van der Waals surface area contributed by atoms with E-state index in [9.17, 15) is 26.4 Å². The molecule has 0 bridgehead atoms. The van der Waals surface area contributed by atoms with Crippen molar-refractivity contribution in [2.24, 2.45) is 10.9 Å². The zero-order valence-electron chi connectivity index (χ0n) is 15.6. The summed E-state index contributed by atoms with van der Waals surface area (Å²) in [5.74, 6) is -1.66. The lowest BCUT2D eigenvalue weighted by Gasteiger charge is -2.21. The number of hydrogen-bond donors (Lipinski definition) is 0. The lowest BCUT2D eigenvalue weighted by Crippen LogP contribution is -2.26. The minimum atomic E-state index is -4.72. The van der Waals surface area contributed by atoms with Gasteiger partial charge in [-0.15, -0.1) is 0 Å². The van der Waals surface area contributed by atoms with E-state index in [0.29, 0.717) is 4.47 Å². The van der Waals surface area contributed by atoms with Crippen LogP contribution in [0.25, 0.3) is 0 Å². The predicted molar refractivity (Wildman–Crippen MR) is 105 cm³/mol. The van der Waals surface area contributed by atoms with Crippen molar-refractivity contribution in [2.75, 3.05) is 5.75 Å². The van der Waals surface area contributed by atoms with Crippen molar-refractivity contribution in [1.29, 1.82) is 0 Å². The quantitative estimate of drug-likeness (QED) is 0.592. The number of alkyl halides is 3. The van der Waals surface area contributed by atoms with E-state index in [1.165, 1.54) is 26.1 Å². The number of pyridine rings is 1. The highest BCUT2D eigenvalue weighted by molar-refractivity contribution is 9.10. The van der Waals surface area contributed by atoms with Crippen molar-refractivity contribution < 1.29 is 26.4 Å². The topological polar surface area (TPSA) is 76.5 Å². The van der Waals surface area contributed by atoms with Gasteiger partial charge in [-0.05, 0) is 35.0 Å². The van der Waals surface area contributed by atoms with Crippen LogP contribution in [0, 0.1) is 5.92 Å². The molecule has 0 saturated carbocycles. The number of ketones is 1. The Labute approximate surface area is 174 Å². The standard InChI is InChI=1S/C19H16BrF3N2O3S/c1-4-11-12(19(21,22)23)7-13-15(18(11)26)9(3)16(25-13)17-14(29(27,28)5-2)6-10(20)8-24-17/h4,6-9H,5H2,1-3H3/b11-4+. The molecule has 0 radical (unpaired) electrons. The van der Waals surface area contributed by atoms with Gasteiger partial charge in [-0.25, -0.2) is 8.42 Å². The molecule has 29 heavy (non-hydrogen) atoms. The van der Waals surface area contributed by atoms with Crippen LogP contribution in [0.2, 0.25) is 0 Å². The minimum absolute atomic E-state index is 0.0359. The molecule has 0 spiro atoms. The van der Waals surface area contributed by atoms with Crippen LogP contribution in [0.1, 0.15) is 26.5 Å². The number of aliphatic imine (C=N–C) groups is 1. The second kappa shape index (κ2) is 7.32. The Balaban J connectivity index is 2.20. The first-order valence-corrected chi connectivity index (χ1v) is 11.1. The van der Waals surface area contributed by atoms with Gasteiger partial charge in [-0.3, -0.25) is 14.8 Å². The van der Waals surface area contributed by atoms with Gasteiger partial charge in [0.2, 0.25) is 0 Å². The fraction of sp³-hybridized carbons (Fsp3) is 0.316. The first kappa shape index (κ1) is 21.6. The highest BCUT2D eigenvalue weighted by Gasteiger charge is 2.45. The molecule has 1 aliphatic heterocycles. The van der Waals surface area contributed by atoms with E-state index in [4.69, 9.17) is 0 Å². The molecule has 10 heteroatoms. The summed E-state index contributed by atoms with van der Waals surface area (Å²) in [7, 11) is -3.69. The van der Waals surface area contributed by atoms with Gasteiger partial charge < -0.3 is 0 Å². The second-order valence-electron chi connectivity index (χ2n) is 6.51. The number of hydrogen-bond acceptors (Lipinski definition) is 5. The molecule has 0 N–H and O–H groups in total. The van der Waals surface area contributed by atoms with Gasteiger partial charge in [0.15, 0.2) is 15.6 Å². The van der Waals surface area contributed by atoms with Gasteiger partial charge >= 0.3 is 6.18 Å². The molecule has 2 aliphatic rings. The fourth-order valence-corrected chi connectivity index (χ4v) is 4.89. The van der Waals surface area contributed by atoms with Gasteiger partial charge in [0, 0.05) is 27.7 Å². The normalized spacial score (nSPS) is 21.4. The van der Waals surface area contributed by atoms with E-state index in [0.717, 1.165) is 12.2 Å². The summed E-state index contributed by atoms with van der Waals surface area (Å²) in [6, 6.07) is 1.38. The van der Waals surface area contributed by atoms with Crippen molar-refractivity contribution >= 4 is 37.3 Å². The number of nitrogens with zero attached hydrogens (tertiary/aromatic N) is 2. The van der Waals surface area contributed by atoms with Gasteiger partial charge in [-0.1, -0.05) is 19.9 Å². The smallest absolute Gasteiger partial charge is 0.289 e. The molecule has 0 amide bonds. The Bertz CT molecular complexity index is 1150. The van der Waals surface area contributed by atoms with Gasteiger partial charge in [0.05, 0.1) is 27.6 Å². The molecular formula is C19H16BrF3N2O3S. The van der Waals surface area contributed by atoms with Crippen LogP contribution in [0.4, 0.5) is 13.2 Å². The molecule has 0 aromatic carbocycles. The summed E-state index contributed by atoms with van der Waals surface area (Å²) in [4.78, 5) is 21.1. The molecule has 1 aromatic heterocycles. The van der Waals surface area contributed by atoms with Crippen LogP contribution in [-0.2, 0) is 14.6 Å². The van der Waals surface area contributed by atoms with Crippen molar-refractivity contribution in [3.05, 3.63) is 57.0 Å². The Hall–Kier alpha value is -2.07. The Morgan fingerprint density at radius 3 is 2.52 bits per heavy atom. The van der Waals surface area contributed by atoms with Crippen molar-refractivity contribution in [2.45, 2.75) is 31.8 Å². The SMILES string of the molecule is C/C=C1/C(=O)C2=C(C=C1C(F)(F)F)N=C(c1ncc(Br)cc1S(=O)(=O)CC)C2C. The third-order valence-electron chi connectivity index (χ3n) is 4.79. The Morgan fingerprint density at radius 1 is 1.31 bits per heavy atom. The van der Waals surface area contributed by atoms with Crippen molar-refractivity contribution in [3.8, 4) is 0 Å². The van der Waals surface area contributed by atoms with Gasteiger partial charge in [0.1, 0.15) is 5.69 Å². The number of carbonyl (C=O) groups excluding carboxylic acids is 1. The van der Waals surface area contributed by atoms with E-state index >= 15 is 0 Å². The summed E-state index contributed by atoms with van der Waals surface area (Å²) in [6.07, 6.45) is -1.37.